The molecular formula is C14H16N2O3. The van der Waals surface area contributed by atoms with Gasteiger partial charge in [0.15, 0.2) is 0 Å². The molecule has 1 saturated heterocycles. The zero-order valence-electron chi connectivity index (χ0n) is 10.5. The Labute approximate surface area is 111 Å². The van der Waals surface area contributed by atoms with Gasteiger partial charge in [-0.15, -0.1) is 0 Å². The number of carboxylic acids is 1. The van der Waals surface area contributed by atoms with Crippen LogP contribution in [0.3, 0.4) is 0 Å². The number of fused-ring (bicyclic) bond motifs is 1. The number of nitrogens with one attached hydrogen (secondary N) is 1. The van der Waals surface area contributed by atoms with Gasteiger partial charge < -0.3 is 15.3 Å². The number of para-hydroxylation sites is 1. The summed E-state index contributed by atoms with van der Waals surface area (Å²) in [6.45, 7) is 1.78. The van der Waals surface area contributed by atoms with E-state index in [1.165, 1.54) is 0 Å². The van der Waals surface area contributed by atoms with Crippen LogP contribution in [0.5, 0.6) is 0 Å². The standard InChI is InChI=1S/C14H16N2O3/c17-13(18)5-9-7-16(8-9)14(19)11-6-15-12-4-2-1-3-10(11)12/h1-4,9,11,15H,5-8H2,(H,17,18). The molecule has 1 unspecified atom stereocenters. The lowest BCUT2D eigenvalue weighted by atomic mass is 9.92. The number of carboxylic acid groups (broad SMARTS) is 1. The van der Waals surface area contributed by atoms with Crippen LogP contribution in [-0.4, -0.2) is 41.5 Å². The molecule has 1 atom stereocenters. The van der Waals surface area contributed by atoms with Crippen LogP contribution in [0, 0.1) is 5.92 Å². The number of hydrogen-bond donors (Lipinski definition) is 2. The van der Waals surface area contributed by atoms with Gasteiger partial charge in [-0.1, -0.05) is 18.2 Å². The summed E-state index contributed by atoms with van der Waals surface area (Å²) in [6.07, 6.45) is 0.156. The van der Waals surface area contributed by atoms with Crippen LogP contribution in [-0.2, 0) is 9.59 Å². The summed E-state index contributed by atoms with van der Waals surface area (Å²) in [5.74, 6) is -0.683. The minimum absolute atomic E-state index is 0.110. The van der Waals surface area contributed by atoms with Crippen molar-refractivity contribution in [2.45, 2.75) is 12.3 Å². The van der Waals surface area contributed by atoms with Gasteiger partial charge in [-0.25, -0.2) is 0 Å². The van der Waals surface area contributed by atoms with Crippen LogP contribution in [0.1, 0.15) is 17.9 Å². The average Bonchev–Trinajstić information content (AvgIpc) is 2.76. The Morgan fingerprint density at radius 1 is 1.32 bits per heavy atom. The lowest BCUT2D eigenvalue weighted by Gasteiger charge is -2.40. The second-order valence-electron chi connectivity index (χ2n) is 5.23. The van der Waals surface area contributed by atoms with Crippen LogP contribution in [0.15, 0.2) is 24.3 Å². The predicted octanol–water partition coefficient (Wildman–Crippen LogP) is 1.13. The molecule has 5 heteroatoms. The van der Waals surface area contributed by atoms with Crippen molar-refractivity contribution in [1.82, 2.24) is 4.90 Å². The molecule has 2 N–H and O–H groups in total. The third-order valence-electron chi connectivity index (χ3n) is 3.86. The Kier molecular flexibility index (Phi) is 2.89. The molecule has 1 fully saturated rings. The molecule has 1 amide bonds. The van der Waals surface area contributed by atoms with Gasteiger partial charge in [-0.2, -0.15) is 0 Å². The molecule has 2 heterocycles. The van der Waals surface area contributed by atoms with Gasteiger partial charge in [0, 0.05) is 31.2 Å². The molecule has 0 aliphatic carbocycles. The van der Waals surface area contributed by atoms with E-state index in [2.05, 4.69) is 5.32 Å². The van der Waals surface area contributed by atoms with Crippen molar-refractivity contribution in [2.24, 2.45) is 5.92 Å². The lowest BCUT2D eigenvalue weighted by Crippen LogP contribution is -2.52. The molecule has 100 valence electrons. The number of carbonyl (C=O) groups excluding carboxylic acids is 1. The van der Waals surface area contributed by atoms with E-state index in [1.54, 1.807) is 4.90 Å². The first-order valence-electron chi connectivity index (χ1n) is 6.48. The number of amides is 1. The maximum Gasteiger partial charge on any atom is 0.303 e. The van der Waals surface area contributed by atoms with E-state index in [4.69, 9.17) is 5.11 Å². The van der Waals surface area contributed by atoms with E-state index in [-0.39, 0.29) is 24.2 Å². The Bertz CT molecular complexity index is 523. The number of carbonyl (C=O) groups is 2. The monoisotopic (exact) mass is 260 g/mol. The zero-order valence-corrected chi connectivity index (χ0v) is 10.5. The first-order chi connectivity index (χ1) is 9.15. The Balaban J connectivity index is 1.63. The second kappa shape index (κ2) is 4.57. The second-order valence-corrected chi connectivity index (χ2v) is 5.23. The van der Waals surface area contributed by atoms with Crippen molar-refractivity contribution in [3.05, 3.63) is 29.8 Å². The van der Waals surface area contributed by atoms with Gasteiger partial charge in [0.25, 0.3) is 0 Å². The van der Waals surface area contributed by atoms with E-state index in [0.717, 1.165) is 11.3 Å². The first-order valence-corrected chi connectivity index (χ1v) is 6.48. The van der Waals surface area contributed by atoms with Gasteiger partial charge in [0.2, 0.25) is 5.91 Å². The molecule has 0 spiro atoms. The predicted molar refractivity (Wildman–Crippen MR) is 70.0 cm³/mol. The van der Waals surface area contributed by atoms with Gasteiger partial charge in [0.05, 0.1) is 12.3 Å². The number of likely N-dealkylation sites (tertiary alicyclic amines) is 1. The minimum atomic E-state index is -0.787. The van der Waals surface area contributed by atoms with Crippen molar-refractivity contribution in [2.75, 3.05) is 25.0 Å². The fourth-order valence-electron chi connectivity index (χ4n) is 2.85. The number of rotatable bonds is 3. The topological polar surface area (TPSA) is 69.6 Å². The maximum atomic E-state index is 12.4. The molecule has 0 radical (unpaired) electrons. The number of aliphatic carboxylic acids is 1. The number of anilines is 1. The SMILES string of the molecule is O=C(O)CC1CN(C(=O)C2CNc3ccccc32)C1. The average molecular weight is 260 g/mol. The van der Waals surface area contributed by atoms with E-state index < -0.39 is 5.97 Å². The molecular weight excluding hydrogens is 244 g/mol. The quantitative estimate of drug-likeness (QED) is 0.854. The first kappa shape index (κ1) is 12.0. The van der Waals surface area contributed by atoms with E-state index >= 15 is 0 Å². The number of benzene rings is 1. The Hall–Kier alpha value is -2.04. The van der Waals surface area contributed by atoms with Crippen LogP contribution >= 0.6 is 0 Å². The van der Waals surface area contributed by atoms with Gasteiger partial charge >= 0.3 is 5.97 Å². The van der Waals surface area contributed by atoms with Crippen molar-refractivity contribution in [3.63, 3.8) is 0 Å². The molecule has 0 aromatic heterocycles. The van der Waals surface area contributed by atoms with Crippen LogP contribution in [0.2, 0.25) is 0 Å². The fraction of sp³-hybridized carbons (Fsp3) is 0.429. The summed E-state index contributed by atoms with van der Waals surface area (Å²) < 4.78 is 0. The van der Waals surface area contributed by atoms with Crippen molar-refractivity contribution >= 4 is 17.6 Å². The molecule has 2 aliphatic heterocycles. The Morgan fingerprint density at radius 3 is 2.79 bits per heavy atom. The summed E-state index contributed by atoms with van der Waals surface area (Å²) >= 11 is 0. The minimum Gasteiger partial charge on any atom is -0.481 e. The molecule has 0 saturated carbocycles. The molecule has 2 aliphatic rings. The van der Waals surface area contributed by atoms with Crippen LogP contribution in [0.4, 0.5) is 5.69 Å². The van der Waals surface area contributed by atoms with Crippen molar-refractivity contribution in [1.29, 1.82) is 0 Å². The van der Waals surface area contributed by atoms with E-state index in [1.807, 2.05) is 24.3 Å². The summed E-state index contributed by atoms with van der Waals surface area (Å²) in [5, 5.41) is 11.9. The highest BCUT2D eigenvalue weighted by Crippen LogP contribution is 2.34. The normalized spacial score (nSPS) is 21.5. The maximum absolute atomic E-state index is 12.4. The van der Waals surface area contributed by atoms with Crippen LogP contribution < -0.4 is 5.32 Å². The molecule has 5 nitrogen and oxygen atoms in total. The largest absolute Gasteiger partial charge is 0.481 e. The van der Waals surface area contributed by atoms with Gasteiger partial charge in [-0.05, 0) is 11.6 Å². The summed E-state index contributed by atoms with van der Waals surface area (Å²) in [7, 11) is 0. The van der Waals surface area contributed by atoms with Crippen LogP contribution in [0.25, 0.3) is 0 Å². The molecule has 1 aromatic rings. The van der Waals surface area contributed by atoms with Gasteiger partial charge in [0.1, 0.15) is 0 Å². The molecule has 19 heavy (non-hydrogen) atoms. The lowest BCUT2D eigenvalue weighted by molar-refractivity contribution is -0.145. The molecule has 0 bridgehead atoms. The van der Waals surface area contributed by atoms with Gasteiger partial charge in [-0.3, -0.25) is 9.59 Å². The third kappa shape index (κ3) is 2.16. The van der Waals surface area contributed by atoms with E-state index in [0.29, 0.717) is 19.6 Å². The van der Waals surface area contributed by atoms with E-state index in [9.17, 15) is 9.59 Å². The fourth-order valence-corrected chi connectivity index (χ4v) is 2.85. The highest BCUT2D eigenvalue weighted by atomic mass is 16.4. The molecule has 3 rings (SSSR count). The highest BCUT2D eigenvalue weighted by molar-refractivity contribution is 5.88. The third-order valence-corrected chi connectivity index (χ3v) is 3.86. The highest BCUT2D eigenvalue weighted by Gasteiger charge is 2.38. The summed E-state index contributed by atoms with van der Waals surface area (Å²) in [5.41, 5.74) is 2.08. The molecule has 1 aromatic carbocycles. The smallest absolute Gasteiger partial charge is 0.303 e. The summed E-state index contributed by atoms with van der Waals surface area (Å²) in [6, 6.07) is 7.85. The van der Waals surface area contributed by atoms with Crippen molar-refractivity contribution < 1.29 is 14.7 Å². The number of hydrogen-bond acceptors (Lipinski definition) is 3. The summed E-state index contributed by atoms with van der Waals surface area (Å²) in [4.78, 5) is 24.7. The Morgan fingerprint density at radius 2 is 2.05 bits per heavy atom. The zero-order chi connectivity index (χ0) is 13.4. The van der Waals surface area contributed by atoms with Crippen molar-refractivity contribution in [3.8, 4) is 0 Å². The number of nitrogens with zero attached hydrogens (tertiary/aromatic N) is 1.